The van der Waals surface area contributed by atoms with E-state index >= 15 is 0 Å². The Hall–Kier alpha value is -2.42. The zero-order chi connectivity index (χ0) is 21.8. The summed E-state index contributed by atoms with van der Waals surface area (Å²) in [5, 5.41) is 15.2. The van der Waals surface area contributed by atoms with Crippen LogP contribution in [0.25, 0.3) is 0 Å². The van der Waals surface area contributed by atoms with Gasteiger partial charge in [-0.2, -0.15) is 4.31 Å². The molecule has 31 heavy (non-hydrogen) atoms. The maximum atomic E-state index is 13.1. The smallest absolute Gasteiger partial charge is 0.269 e. The summed E-state index contributed by atoms with van der Waals surface area (Å²) in [6.07, 6.45) is 6.76. The van der Waals surface area contributed by atoms with Crippen molar-refractivity contribution >= 4 is 33.0 Å². The van der Waals surface area contributed by atoms with Crippen LogP contribution in [0.1, 0.15) is 42.3 Å². The Morgan fingerprint density at radius 2 is 1.87 bits per heavy atom. The van der Waals surface area contributed by atoms with Gasteiger partial charge in [0, 0.05) is 47.4 Å². The fourth-order valence-corrected chi connectivity index (χ4v) is 6.79. The summed E-state index contributed by atoms with van der Waals surface area (Å²) in [6, 6.07) is 9.53. The minimum atomic E-state index is -3.50. The van der Waals surface area contributed by atoms with E-state index in [-0.39, 0.29) is 23.6 Å². The maximum absolute atomic E-state index is 13.1. The van der Waals surface area contributed by atoms with E-state index in [0.717, 1.165) is 30.5 Å². The Morgan fingerprint density at radius 3 is 2.61 bits per heavy atom. The van der Waals surface area contributed by atoms with Gasteiger partial charge < -0.3 is 5.32 Å². The Bertz CT molecular complexity index is 1190. The van der Waals surface area contributed by atoms with Crippen LogP contribution in [0, 0.1) is 16.0 Å². The molecule has 1 saturated heterocycles. The highest BCUT2D eigenvalue weighted by atomic mass is 35.5. The lowest BCUT2D eigenvalue weighted by molar-refractivity contribution is -0.384. The third-order valence-electron chi connectivity index (χ3n) is 6.56. The number of non-ortho nitro benzene ring substituents is 1. The van der Waals surface area contributed by atoms with E-state index in [1.54, 1.807) is 28.6 Å². The molecule has 0 amide bonds. The first kappa shape index (κ1) is 20.5. The highest BCUT2D eigenvalue weighted by Crippen LogP contribution is 2.51. The van der Waals surface area contributed by atoms with E-state index in [1.165, 1.54) is 12.1 Å². The quantitative estimate of drug-likeness (QED) is 0.400. The van der Waals surface area contributed by atoms with Gasteiger partial charge in [-0.3, -0.25) is 10.1 Å². The van der Waals surface area contributed by atoms with Gasteiger partial charge in [-0.25, -0.2) is 8.42 Å². The lowest BCUT2D eigenvalue weighted by Crippen LogP contribution is -2.31. The number of hydrogen-bond acceptors (Lipinski definition) is 5. The summed E-state index contributed by atoms with van der Waals surface area (Å²) in [5.74, 6) is 0.113. The van der Waals surface area contributed by atoms with Crippen molar-refractivity contribution in [1.82, 2.24) is 4.31 Å². The first-order valence-corrected chi connectivity index (χ1v) is 12.2. The molecule has 0 spiro atoms. The normalized spacial score (nSPS) is 25.1. The first-order chi connectivity index (χ1) is 14.9. The molecule has 162 valence electrons. The molecule has 0 saturated carbocycles. The number of benzene rings is 2. The fourth-order valence-electron chi connectivity index (χ4n) is 5.00. The molecule has 0 radical (unpaired) electrons. The monoisotopic (exact) mass is 459 g/mol. The van der Waals surface area contributed by atoms with Crippen LogP contribution in [0.2, 0.25) is 5.02 Å². The molecular formula is C22H22ClN3O4S. The van der Waals surface area contributed by atoms with E-state index < -0.39 is 14.9 Å². The van der Waals surface area contributed by atoms with Crippen LogP contribution < -0.4 is 5.32 Å². The number of nitro benzene ring substituents is 1. The minimum Gasteiger partial charge on any atom is -0.378 e. The van der Waals surface area contributed by atoms with Crippen LogP contribution >= 0.6 is 11.6 Å². The zero-order valence-electron chi connectivity index (χ0n) is 16.7. The summed E-state index contributed by atoms with van der Waals surface area (Å²) in [6.45, 7) is 1.13. The van der Waals surface area contributed by atoms with Gasteiger partial charge >= 0.3 is 0 Å². The molecule has 2 aromatic carbocycles. The Balaban J connectivity index is 1.55. The van der Waals surface area contributed by atoms with Crippen molar-refractivity contribution in [3.05, 3.63) is 74.8 Å². The number of nitrogens with zero attached hydrogens (tertiary/aromatic N) is 2. The van der Waals surface area contributed by atoms with Crippen LogP contribution in [-0.4, -0.2) is 30.7 Å². The van der Waals surface area contributed by atoms with Crippen LogP contribution in [-0.2, 0) is 10.0 Å². The summed E-state index contributed by atoms with van der Waals surface area (Å²) in [5.41, 5.74) is 2.47. The SMILES string of the molecule is O=[N+]([O-])c1ccc(Cl)c(C2Nc3ccc(S(=O)(=O)N4CCCC4)cc3C3C=CCC32)c1. The largest absolute Gasteiger partial charge is 0.378 e. The number of fused-ring (bicyclic) bond motifs is 3. The number of allylic oxidation sites excluding steroid dienone is 2. The zero-order valence-corrected chi connectivity index (χ0v) is 18.3. The highest BCUT2D eigenvalue weighted by Gasteiger charge is 2.40. The molecule has 0 bridgehead atoms. The molecule has 3 aliphatic rings. The molecule has 9 heteroatoms. The van der Waals surface area contributed by atoms with E-state index in [4.69, 9.17) is 11.6 Å². The molecule has 5 rings (SSSR count). The number of sulfonamides is 1. The van der Waals surface area contributed by atoms with Gasteiger partial charge in [0.15, 0.2) is 0 Å². The average molecular weight is 460 g/mol. The molecule has 2 aromatic rings. The molecule has 2 heterocycles. The fraction of sp³-hybridized carbons (Fsp3) is 0.364. The van der Waals surface area contributed by atoms with Crippen molar-refractivity contribution in [3.63, 3.8) is 0 Å². The molecule has 1 N–H and O–H groups in total. The van der Waals surface area contributed by atoms with Crippen molar-refractivity contribution in [3.8, 4) is 0 Å². The molecule has 1 aliphatic carbocycles. The number of anilines is 1. The van der Waals surface area contributed by atoms with Gasteiger partial charge in [-0.05, 0) is 55.0 Å². The molecule has 3 unspecified atom stereocenters. The second-order valence-corrected chi connectivity index (χ2v) is 10.6. The summed E-state index contributed by atoms with van der Waals surface area (Å²) >= 11 is 6.44. The average Bonchev–Trinajstić information content (AvgIpc) is 3.45. The van der Waals surface area contributed by atoms with Crippen molar-refractivity contribution in [1.29, 1.82) is 0 Å². The van der Waals surface area contributed by atoms with Gasteiger partial charge in [-0.15, -0.1) is 0 Å². The molecule has 0 aromatic heterocycles. The van der Waals surface area contributed by atoms with Crippen molar-refractivity contribution in [2.75, 3.05) is 18.4 Å². The predicted molar refractivity (Wildman–Crippen MR) is 119 cm³/mol. The van der Waals surface area contributed by atoms with Crippen LogP contribution in [0.3, 0.4) is 0 Å². The molecule has 2 aliphatic heterocycles. The predicted octanol–water partition coefficient (Wildman–Crippen LogP) is 4.86. The van der Waals surface area contributed by atoms with E-state index in [9.17, 15) is 18.5 Å². The van der Waals surface area contributed by atoms with Crippen molar-refractivity contribution in [2.24, 2.45) is 5.92 Å². The van der Waals surface area contributed by atoms with Gasteiger partial charge in [0.05, 0.1) is 15.9 Å². The Kier molecular flexibility index (Phi) is 5.03. The standard InChI is InChI=1S/C22H22ClN3O4S/c23-20-8-6-14(26(27)28)12-19(20)22-17-5-3-4-16(17)18-13-15(7-9-21(18)24-22)31(29,30)25-10-1-2-11-25/h3-4,6-9,12-13,16-17,22,24H,1-2,5,10-11H2. The van der Waals surface area contributed by atoms with E-state index in [0.29, 0.717) is 28.6 Å². The number of hydrogen-bond donors (Lipinski definition) is 1. The lowest BCUT2D eigenvalue weighted by Gasteiger charge is -2.38. The van der Waals surface area contributed by atoms with Crippen molar-refractivity contribution in [2.45, 2.75) is 36.1 Å². The van der Waals surface area contributed by atoms with Gasteiger partial charge in [0.25, 0.3) is 5.69 Å². The molecular weight excluding hydrogens is 438 g/mol. The summed E-state index contributed by atoms with van der Waals surface area (Å²) in [4.78, 5) is 11.2. The lowest BCUT2D eigenvalue weighted by atomic mass is 9.77. The van der Waals surface area contributed by atoms with Gasteiger partial charge in [0.2, 0.25) is 10.0 Å². The number of rotatable bonds is 4. The van der Waals surface area contributed by atoms with Gasteiger partial charge in [-0.1, -0.05) is 23.8 Å². The second kappa shape index (κ2) is 7.62. The van der Waals surface area contributed by atoms with Crippen LogP contribution in [0.15, 0.2) is 53.4 Å². The third-order valence-corrected chi connectivity index (χ3v) is 8.80. The highest BCUT2D eigenvalue weighted by molar-refractivity contribution is 7.89. The topological polar surface area (TPSA) is 92.5 Å². The first-order valence-electron chi connectivity index (χ1n) is 10.4. The maximum Gasteiger partial charge on any atom is 0.269 e. The minimum absolute atomic E-state index is 0.00144. The van der Waals surface area contributed by atoms with Crippen molar-refractivity contribution < 1.29 is 13.3 Å². The summed E-state index contributed by atoms with van der Waals surface area (Å²) in [7, 11) is -3.50. The summed E-state index contributed by atoms with van der Waals surface area (Å²) < 4.78 is 27.7. The molecule has 3 atom stereocenters. The van der Waals surface area contributed by atoms with Crippen LogP contribution in [0.5, 0.6) is 0 Å². The molecule has 1 fully saturated rings. The van der Waals surface area contributed by atoms with E-state index in [2.05, 4.69) is 17.5 Å². The number of halogens is 1. The van der Waals surface area contributed by atoms with E-state index in [1.807, 2.05) is 0 Å². The molecule has 7 nitrogen and oxygen atoms in total. The third kappa shape index (κ3) is 3.43. The Labute approximate surface area is 185 Å². The number of nitrogens with one attached hydrogen (secondary N) is 1. The number of nitro groups is 1. The van der Waals surface area contributed by atoms with Crippen LogP contribution in [0.4, 0.5) is 11.4 Å². The second-order valence-electron chi connectivity index (χ2n) is 8.30. The Morgan fingerprint density at radius 1 is 1.10 bits per heavy atom. The van der Waals surface area contributed by atoms with Gasteiger partial charge in [0.1, 0.15) is 0 Å².